The van der Waals surface area contributed by atoms with Gasteiger partial charge >= 0.3 is 12.1 Å². The molecule has 0 radical (unpaired) electrons. The summed E-state index contributed by atoms with van der Waals surface area (Å²) >= 11 is 0.800. The first-order valence-corrected chi connectivity index (χ1v) is 7.03. The van der Waals surface area contributed by atoms with E-state index in [2.05, 4.69) is 4.98 Å². The van der Waals surface area contributed by atoms with Crippen molar-refractivity contribution in [3.05, 3.63) is 10.6 Å². The minimum absolute atomic E-state index is 0.0123. The van der Waals surface area contributed by atoms with Crippen LogP contribution in [0.25, 0.3) is 0 Å². The molecule has 0 fully saturated rings. The first-order chi connectivity index (χ1) is 9.15. The zero-order valence-electron chi connectivity index (χ0n) is 11.5. The van der Waals surface area contributed by atoms with E-state index in [1.165, 1.54) is 0 Å². The van der Waals surface area contributed by atoms with Gasteiger partial charge in [-0.25, -0.2) is 9.78 Å². The van der Waals surface area contributed by atoms with Crippen LogP contribution in [0.1, 0.15) is 48.5 Å². The molecule has 1 rings (SSSR count). The molecule has 0 saturated carbocycles. The second-order valence-electron chi connectivity index (χ2n) is 4.71. The molecule has 4 nitrogen and oxygen atoms in total. The van der Waals surface area contributed by atoms with Gasteiger partial charge in [-0.1, -0.05) is 32.1 Å². The lowest BCUT2D eigenvalue weighted by Gasteiger charge is -2.22. The molecule has 20 heavy (non-hydrogen) atoms. The third-order valence-electron chi connectivity index (χ3n) is 2.52. The molecule has 0 aliphatic rings. The minimum atomic E-state index is -4.35. The monoisotopic (exact) mass is 310 g/mol. The predicted molar refractivity (Wildman–Crippen MR) is 71.7 cm³/mol. The maximum absolute atomic E-state index is 12.6. The molecular formula is C12H17F3N2O2S. The lowest BCUT2D eigenvalue weighted by Crippen LogP contribution is -2.34. The predicted octanol–water partition coefficient (Wildman–Crippen LogP) is 3.74. The van der Waals surface area contributed by atoms with E-state index in [1.54, 1.807) is 20.8 Å². The third kappa shape index (κ3) is 4.36. The van der Waals surface area contributed by atoms with Gasteiger partial charge in [-0.05, 0) is 12.3 Å². The third-order valence-corrected chi connectivity index (χ3v) is 3.64. The van der Waals surface area contributed by atoms with Crippen molar-refractivity contribution in [3.63, 3.8) is 0 Å². The second-order valence-corrected chi connectivity index (χ2v) is 5.68. The molecule has 0 aliphatic heterocycles. The van der Waals surface area contributed by atoms with Crippen LogP contribution in [0.15, 0.2) is 0 Å². The van der Waals surface area contributed by atoms with Gasteiger partial charge in [-0.3, -0.25) is 0 Å². The van der Waals surface area contributed by atoms with Crippen LogP contribution in [0.2, 0.25) is 0 Å². The zero-order valence-corrected chi connectivity index (χ0v) is 12.3. The van der Waals surface area contributed by atoms with Gasteiger partial charge in [0, 0.05) is 6.54 Å². The highest BCUT2D eigenvalue weighted by Crippen LogP contribution is 2.32. The van der Waals surface area contributed by atoms with Crippen LogP contribution < -0.4 is 4.90 Å². The number of rotatable bonds is 6. The number of carboxylic acids is 1. The van der Waals surface area contributed by atoms with Crippen LogP contribution in [0.3, 0.4) is 0 Å². The molecule has 0 bridgehead atoms. The number of nitrogens with zero attached hydrogens (tertiary/aromatic N) is 2. The molecule has 0 spiro atoms. The fourth-order valence-electron chi connectivity index (χ4n) is 1.73. The Hall–Kier alpha value is -1.31. The largest absolute Gasteiger partial charge is 0.477 e. The number of carbonyl (C=O) groups is 1. The van der Waals surface area contributed by atoms with Gasteiger partial charge in [0.15, 0.2) is 5.13 Å². The van der Waals surface area contributed by atoms with Crippen LogP contribution in [-0.2, 0) is 0 Å². The summed E-state index contributed by atoms with van der Waals surface area (Å²) < 4.78 is 37.7. The summed E-state index contributed by atoms with van der Waals surface area (Å²) in [5.41, 5.74) is 0.334. The molecule has 0 aromatic carbocycles. The first-order valence-electron chi connectivity index (χ1n) is 6.21. The Morgan fingerprint density at radius 1 is 1.45 bits per heavy atom. The molecule has 0 saturated heterocycles. The number of hydrogen-bond donors (Lipinski definition) is 1. The molecule has 0 unspecified atom stereocenters. The van der Waals surface area contributed by atoms with Crippen molar-refractivity contribution in [2.45, 2.75) is 39.3 Å². The lowest BCUT2D eigenvalue weighted by molar-refractivity contribution is -0.119. The Morgan fingerprint density at radius 3 is 2.40 bits per heavy atom. The standard InChI is InChI=1S/C12H17F3N2O2S/c1-4-5-17(6-12(13,14)15)11-16-8(7(2)3)9(20-11)10(18)19/h7H,4-6H2,1-3H3,(H,18,19). The van der Waals surface area contributed by atoms with E-state index in [-0.39, 0.29) is 22.5 Å². The zero-order chi connectivity index (χ0) is 15.5. The number of aromatic nitrogens is 1. The van der Waals surface area contributed by atoms with Crippen molar-refractivity contribution in [1.82, 2.24) is 4.98 Å². The Kier molecular flexibility index (Phi) is 5.38. The van der Waals surface area contributed by atoms with Crippen molar-refractivity contribution < 1.29 is 23.1 Å². The number of hydrogen-bond acceptors (Lipinski definition) is 4. The number of thiazole rings is 1. The van der Waals surface area contributed by atoms with Gasteiger partial charge in [-0.2, -0.15) is 13.2 Å². The highest BCUT2D eigenvalue weighted by molar-refractivity contribution is 7.17. The number of carboxylic acid groups (broad SMARTS) is 1. The molecule has 1 aromatic heterocycles. The van der Waals surface area contributed by atoms with Crippen molar-refractivity contribution in [3.8, 4) is 0 Å². The van der Waals surface area contributed by atoms with E-state index >= 15 is 0 Å². The second kappa shape index (κ2) is 6.43. The van der Waals surface area contributed by atoms with Gasteiger partial charge < -0.3 is 10.0 Å². The van der Waals surface area contributed by atoms with Crippen LogP contribution in [0.4, 0.5) is 18.3 Å². The van der Waals surface area contributed by atoms with Crippen LogP contribution in [-0.4, -0.2) is 35.3 Å². The highest BCUT2D eigenvalue weighted by atomic mass is 32.1. The van der Waals surface area contributed by atoms with Gasteiger partial charge in [0.05, 0.1) is 5.69 Å². The van der Waals surface area contributed by atoms with Gasteiger partial charge in [0.2, 0.25) is 0 Å². The fraction of sp³-hybridized carbons (Fsp3) is 0.667. The van der Waals surface area contributed by atoms with Crippen molar-refractivity contribution >= 4 is 22.4 Å². The Morgan fingerprint density at radius 2 is 2.05 bits per heavy atom. The van der Waals surface area contributed by atoms with E-state index in [9.17, 15) is 18.0 Å². The number of halogens is 3. The van der Waals surface area contributed by atoms with E-state index in [0.29, 0.717) is 12.1 Å². The van der Waals surface area contributed by atoms with Crippen LogP contribution >= 0.6 is 11.3 Å². The maximum Gasteiger partial charge on any atom is 0.406 e. The summed E-state index contributed by atoms with van der Waals surface area (Å²) in [6, 6.07) is 0. The van der Waals surface area contributed by atoms with E-state index in [1.807, 2.05) is 0 Å². The first kappa shape index (κ1) is 16.7. The molecule has 0 aliphatic carbocycles. The average Bonchev–Trinajstić information content (AvgIpc) is 2.71. The van der Waals surface area contributed by atoms with Crippen LogP contribution in [0.5, 0.6) is 0 Å². The topological polar surface area (TPSA) is 53.4 Å². The molecule has 8 heteroatoms. The summed E-state index contributed by atoms with van der Waals surface area (Å²) in [6.07, 6.45) is -3.82. The van der Waals surface area contributed by atoms with Crippen LogP contribution in [0, 0.1) is 0 Å². The van der Waals surface area contributed by atoms with E-state index < -0.39 is 18.7 Å². The highest BCUT2D eigenvalue weighted by Gasteiger charge is 2.32. The van der Waals surface area contributed by atoms with Crippen molar-refractivity contribution in [2.24, 2.45) is 0 Å². The van der Waals surface area contributed by atoms with E-state index in [0.717, 1.165) is 16.2 Å². The quantitative estimate of drug-likeness (QED) is 0.869. The fourth-order valence-corrected chi connectivity index (χ4v) is 2.81. The number of aromatic carboxylic acids is 1. The number of anilines is 1. The van der Waals surface area contributed by atoms with Crippen molar-refractivity contribution in [1.29, 1.82) is 0 Å². The summed E-state index contributed by atoms with van der Waals surface area (Å²) in [5.74, 6) is -1.30. The van der Waals surface area contributed by atoms with Gasteiger partial charge in [0.1, 0.15) is 11.4 Å². The SMILES string of the molecule is CCCN(CC(F)(F)F)c1nc(C(C)C)c(C(=O)O)s1. The Balaban J connectivity index is 3.14. The molecule has 0 amide bonds. The molecule has 114 valence electrons. The number of alkyl halides is 3. The molecule has 1 N–H and O–H groups in total. The maximum atomic E-state index is 12.6. The average molecular weight is 310 g/mol. The molecular weight excluding hydrogens is 293 g/mol. The smallest absolute Gasteiger partial charge is 0.406 e. The lowest BCUT2D eigenvalue weighted by atomic mass is 10.1. The minimum Gasteiger partial charge on any atom is -0.477 e. The van der Waals surface area contributed by atoms with Crippen molar-refractivity contribution in [2.75, 3.05) is 18.0 Å². The van der Waals surface area contributed by atoms with Gasteiger partial charge in [0.25, 0.3) is 0 Å². The summed E-state index contributed by atoms with van der Waals surface area (Å²) in [5, 5.41) is 9.22. The normalized spacial score (nSPS) is 11.9. The van der Waals surface area contributed by atoms with Gasteiger partial charge in [-0.15, -0.1) is 0 Å². The summed E-state index contributed by atoms with van der Waals surface area (Å²) in [6.45, 7) is 4.35. The van der Waals surface area contributed by atoms with E-state index in [4.69, 9.17) is 5.11 Å². The summed E-state index contributed by atoms with van der Waals surface area (Å²) in [4.78, 5) is 16.3. The Bertz CT molecular complexity index is 472. The molecule has 1 aromatic rings. The molecule has 0 atom stereocenters. The summed E-state index contributed by atoms with van der Waals surface area (Å²) in [7, 11) is 0. The Labute approximate surface area is 119 Å². The molecule has 1 heterocycles.